The van der Waals surface area contributed by atoms with Crippen molar-refractivity contribution in [1.29, 1.82) is 0 Å². The molecule has 0 unspecified atom stereocenters. The second-order valence-electron chi connectivity index (χ2n) is 6.53. The van der Waals surface area contributed by atoms with Crippen LogP contribution < -0.4 is 20.5 Å². The van der Waals surface area contributed by atoms with Gasteiger partial charge in [0, 0.05) is 24.7 Å². The maximum atomic E-state index is 14.3. The third kappa shape index (κ3) is 3.80. The maximum Gasteiger partial charge on any atom is 0.352 e. The minimum absolute atomic E-state index is 0.0264. The Labute approximate surface area is 159 Å². The van der Waals surface area contributed by atoms with Crippen LogP contribution in [0.2, 0.25) is 0 Å². The molecule has 6 nitrogen and oxygen atoms in total. The van der Waals surface area contributed by atoms with E-state index in [1.807, 2.05) is 6.92 Å². The van der Waals surface area contributed by atoms with Gasteiger partial charge in [0.05, 0.1) is 0 Å². The monoisotopic (exact) mass is 385 g/mol. The number of anilines is 1. The summed E-state index contributed by atoms with van der Waals surface area (Å²) in [5.74, 6) is -0.0906. The molecule has 1 aliphatic heterocycles. The van der Waals surface area contributed by atoms with Crippen molar-refractivity contribution >= 4 is 5.82 Å². The fourth-order valence-corrected chi connectivity index (χ4v) is 2.96. The first kappa shape index (κ1) is 18.0. The van der Waals surface area contributed by atoms with Gasteiger partial charge >= 0.3 is 5.69 Å². The molecule has 0 fully saturated rings. The van der Waals surface area contributed by atoms with Gasteiger partial charge in [-0.05, 0) is 36.8 Å². The van der Waals surface area contributed by atoms with E-state index < -0.39 is 17.3 Å². The first-order chi connectivity index (χ1) is 13.5. The molecule has 0 aliphatic carbocycles. The van der Waals surface area contributed by atoms with Crippen molar-refractivity contribution in [3.05, 3.63) is 76.2 Å². The van der Waals surface area contributed by atoms with Gasteiger partial charge in [0.1, 0.15) is 24.0 Å². The Hall–Kier alpha value is -3.42. The van der Waals surface area contributed by atoms with Crippen molar-refractivity contribution in [1.82, 2.24) is 9.55 Å². The Balaban J connectivity index is 1.45. The minimum atomic E-state index is -0.608. The number of halogens is 2. The lowest BCUT2D eigenvalue weighted by atomic mass is 10.2. The van der Waals surface area contributed by atoms with E-state index in [1.165, 1.54) is 41.0 Å². The fourth-order valence-electron chi connectivity index (χ4n) is 2.96. The number of hydrogen-bond acceptors (Lipinski definition) is 5. The number of nitrogens with zero attached hydrogens (tertiary/aromatic N) is 2. The second kappa shape index (κ2) is 7.30. The highest BCUT2D eigenvalue weighted by atomic mass is 19.1. The molecule has 0 spiro atoms. The van der Waals surface area contributed by atoms with Crippen molar-refractivity contribution in [3.63, 3.8) is 0 Å². The highest BCUT2D eigenvalue weighted by Gasteiger charge is 2.19. The Morgan fingerprint density at radius 1 is 1.21 bits per heavy atom. The van der Waals surface area contributed by atoms with Crippen LogP contribution in [-0.2, 0) is 13.2 Å². The molecule has 2 heterocycles. The van der Waals surface area contributed by atoms with Gasteiger partial charge in [-0.25, -0.2) is 13.6 Å². The van der Waals surface area contributed by atoms with Crippen LogP contribution in [0.1, 0.15) is 12.5 Å². The molecule has 3 aromatic rings. The summed E-state index contributed by atoms with van der Waals surface area (Å²) in [6.07, 6.45) is 0. The van der Waals surface area contributed by atoms with Crippen LogP contribution in [0.4, 0.5) is 14.6 Å². The topological polar surface area (TPSA) is 65.4 Å². The van der Waals surface area contributed by atoms with Gasteiger partial charge in [0.25, 0.3) is 0 Å². The SMILES string of the molecule is C[C@H]1Cn2c(cc(OCc3ccc(Oc4cccc(F)c4)c(F)c3)nc2=O)N1. The standard InChI is InChI=1S/C20H17F2N3O3/c1-12-10-25-18(23-12)9-19(24-20(25)26)27-11-13-5-6-17(16(22)7-13)28-15-4-2-3-14(21)8-15/h2-9,12,23H,10-11H2,1H3/t12-/m0/s1. The molecule has 1 atom stereocenters. The molecule has 0 bridgehead atoms. The molecule has 0 radical (unpaired) electrons. The Kier molecular flexibility index (Phi) is 4.68. The van der Waals surface area contributed by atoms with Crippen LogP contribution in [0.5, 0.6) is 17.4 Å². The van der Waals surface area contributed by atoms with E-state index in [9.17, 15) is 13.6 Å². The number of hydrogen-bond donors (Lipinski definition) is 1. The van der Waals surface area contributed by atoms with Crippen LogP contribution >= 0.6 is 0 Å². The zero-order valence-corrected chi connectivity index (χ0v) is 15.0. The van der Waals surface area contributed by atoms with Crippen molar-refractivity contribution in [3.8, 4) is 17.4 Å². The summed E-state index contributed by atoms with van der Waals surface area (Å²) in [7, 11) is 0. The molecule has 28 heavy (non-hydrogen) atoms. The molecule has 0 saturated heterocycles. The fraction of sp³-hybridized carbons (Fsp3) is 0.200. The Bertz CT molecular complexity index is 1080. The first-order valence-electron chi connectivity index (χ1n) is 8.71. The molecule has 144 valence electrons. The zero-order chi connectivity index (χ0) is 19.7. The van der Waals surface area contributed by atoms with Crippen LogP contribution in [0.3, 0.4) is 0 Å². The highest BCUT2D eigenvalue weighted by molar-refractivity contribution is 5.43. The van der Waals surface area contributed by atoms with Crippen LogP contribution in [0.25, 0.3) is 0 Å². The van der Waals surface area contributed by atoms with Gasteiger partial charge < -0.3 is 14.8 Å². The third-order valence-electron chi connectivity index (χ3n) is 4.25. The van der Waals surface area contributed by atoms with Gasteiger partial charge in [0.2, 0.25) is 5.88 Å². The van der Waals surface area contributed by atoms with Gasteiger partial charge in [-0.1, -0.05) is 12.1 Å². The van der Waals surface area contributed by atoms with E-state index >= 15 is 0 Å². The van der Waals surface area contributed by atoms with Crippen LogP contribution in [0, 0.1) is 11.6 Å². The number of rotatable bonds is 5. The lowest BCUT2D eigenvalue weighted by molar-refractivity contribution is 0.290. The molecule has 1 aromatic heterocycles. The smallest absolute Gasteiger partial charge is 0.352 e. The third-order valence-corrected chi connectivity index (χ3v) is 4.25. The van der Waals surface area contributed by atoms with Gasteiger partial charge in [-0.15, -0.1) is 0 Å². The number of fused-ring (bicyclic) bond motifs is 1. The molecule has 4 rings (SSSR count). The molecule has 2 aromatic carbocycles. The zero-order valence-electron chi connectivity index (χ0n) is 15.0. The molecular formula is C20H17F2N3O3. The molecular weight excluding hydrogens is 368 g/mol. The quantitative estimate of drug-likeness (QED) is 0.725. The van der Waals surface area contributed by atoms with E-state index in [1.54, 1.807) is 12.1 Å². The summed E-state index contributed by atoms with van der Waals surface area (Å²) >= 11 is 0. The maximum absolute atomic E-state index is 14.3. The summed E-state index contributed by atoms with van der Waals surface area (Å²) < 4.78 is 39.9. The normalized spacial score (nSPS) is 15.0. The Morgan fingerprint density at radius 3 is 2.86 bits per heavy atom. The lowest BCUT2D eigenvalue weighted by Crippen LogP contribution is -2.22. The number of ether oxygens (including phenoxy) is 2. The van der Waals surface area contributed by atoms with Crippen molar-refractivity contribution in [2.75, 3.05) is 5.32 Å². The van der Waals surface area contributed by atoms with E-state index in [4.69, 9.17) is 9.47 Å². The summed E-state index contributed by atoms with van der Waals surface area (Å²) in [6, 6.07) is 11.6. The van der Waals surface area contributed by atoms with Crippen LogP contribution in [-0.4, -0.2) is 15.6 Å². The van der Waals surface area contributed by atoms with Crippen molar-refractivity contribution in [2.24, 2.45) is 0 Å². The predicted octanol–water partition coefficient (Wildman–Crippen LogP) is 3.71. The first-order valence-corrected chi connectivity index (χ1v) is 8.71. The summed E-state index contributed by atoms with van der Waals surface area (Å²) in [4.78, 5) is 15.9. The summed E-state index contributed by atoms with van der Waals surface area (Å²) in [5, 5.41) is 3.16. The summed E-state index contributed by atoms with van der Waals surface area (Å²) in [6.45, 7) is 2.55. The number of benzene rings is 2. The predicted molar refractivity (Wildman–Crippen MR) is 98.8 cm³/mol. The highest BCUT2D eigenvalue weighted by Crippen LogP contribution is 2.26. The van der Waals surface area contributed by atoms with E-state index in [2.05, 4.69) is 10.3 Å². The average Bonchev–Trinajstić information content (AvgIpc) is 3.03. The molecule has 1 aliphatic rings. The van der Waals surface area contributed by atoms with E-state index in [-0.39, 0.29) is 30.0 Å². The summed E-state index contributed by atoms with van der Waals surface area (Å²) in [5.41, 5.74) is 0.141. The van der Waals surface area contributed by atoms with E-state index in [0.717, 1.165) is 0 Å². The minimum Gasteiger partial charge on any atom is -0.473 e. The molecule has 8 heteroatoms. The van der Waals surface area contributed by atoms with Gasteiger partial charge in [0.15, 0.2) is 11.6 Å². The Morgan fingerprint density at radius 2 is 2.07 bits per heavy atom. The molecule has 1 N–H and O–H groups in total. The largest absolute Gasteiger partial charge is 0.473 e. The molecule has 0 amide bonds. The van der Waals surface area contributed by atoms with Crippen LogP contribution in [0.15, 0.2) is 53.3 Å². The lowest BCUT2D eigenvalue weighted by Gasteiger charge is -2.10. The second-order valence-corrected chi connectivity index (χ2v) is 6.53. The van der Waals surface area contributed by atoms with Crippen molar-refractivity contribution in [2.45, 2.75) is 26.1 Å². The average molecular weight is 385 g/mol. The molecule has 0 saturated carbocycles. The van der Waals surface area contributed by atoms with Gasteiger partial charge in [-0.2, -0.15) is 4.98 Å². The number of nitrogens with one attached hydrogen (secondary N) is 1. The van der Waals surface area contributed by atoms with Gasteiger partial charge in [-0.3, -0.25) is 4.57 Å². The number of aromatic nitrogens is 2. The van der Waals surface area contributed by atoms with Crippen molar-refractivity contribution < 1.29 is 18.3 Å². The van der Waals surface area contributed by atoms with E-state index in [0.29, 0.717) is 17.9 Å².